The monoisotopic (exact) mass is 287 g/mol. The Kier molecular flexibility index (Phi) is 5.38. The summed E-state index contributed by atoms with van der Waals surface area (Å²) in [6, 6.07) is 17.2. The Morgan fingerprint density at radius 1 is 0.900 bits per heavy atom. The van der Waals surface area contributed by atoms with Crippen LogP contribution >= 0.6 is 12.2 Å². The van der Waals surface area contributed by atoms with E-state index in [9.17, 15) is 0 Å². The maximum absolute atomic E-state index is 5.64. The average Bonchev–Trinajstić information content (AvgIpc) is 2.48. The molecule has 0 saturated heterocycles. The van der Waals surface area contributed by atoms with Crippen LogP contribution < -0.4 is 15.2 Å². The molecule has 2 aromatic rings. The van der Waals surface area contributed by atoms with Gasteiger partial charge in [-0.15, -0.1) is 0 Å². The van der Waals surface area contributed by atoms with Crippen LogP contribution in [0.25, 0.3) is 0 Å². The van der Waals surface area contributed by atoms with Crippen molar-refractivity contribution in [2.75, 3.05) is 13.2 Å². The number of rotatable bonds is 7. The minimum Gasteiger partial charge on any atom is -0.493 e. The third-order valence-electron chi connectivity index (χ3n) is 2.69. The van der Waals surface area contributed by atoms with Crippen LogP contribution in [0.1, 0.15) is 12.0 Å². The molecule has 3 nitrogen and oxygen atoms in total. The van der Waals surface area contributed by atoms with E-state index in [1.54, 1.807) is 0 Å². The van der Waals surface area contributed by atoms with Gasteiger partial charge in [0.25, 0.3) is 0 Å². The highest BCUT2D eigenvalue weighted by Gasteiger charge is 1.99. The zero-order valence-corrected chi connectivity index (χ0v) is 11.9. The fourth-order valence-corrected chi connectivity index (χ4v) is 1.82. The SMILES string of the molecule is NC(=S)c1cccc(OCCCOc2ccccc2)c1. The van der Waals surface area contributed by atoms with Crippen molar-refractivity contribution in [1.29, 1.82) is 0 Å². The van der Waals surface area contributed by atoms with Gasteiger partial charge in [0.15, 0.2) is 0 Å². The lowest BCUT2D eigenvalue weighted by Crippen LogP contribution is -2.10. The summed E-state index contributed by atoms with van der Waals surface area (Å²) in [6.07, 6.45) is 0.812. The summed E-state index contributed by atoms with van der Waals surface area (Å²) in [5, 5.41) is 0. The molecule has 2 N–H and O–H groups in total. The highest BCUT2D eigenvalue weighted by Crippen LogP contribution is 2.14. The Balaban J connectivity index is 1.71. The molecule has 0 bridgehead atoms. The predicted molar refractivity (Wildman–Crippen MR) is 84.4 cm³/mol. The van der Waals surface area contributed by atoms with Gasteiger partial charge in [0.05, 0.1) is 13.2 Å². The van der Waals surface area contributed by atoms with Gasteiger partial charge < -0.3 is 15.2 Å². The van der Waals surface area contributed by atoms with Gasteiger partial charge in [-0.2, -0.15) is 0 Å². The lowest BCUT2D eigenvalue weighted by atomic mass is 10.2. The topological polar surface area (TPSA) is 44.5 Å². The minimum absolute atomic E-state index is 0.378. The summed E-state index contributed by atoms with van der Waals surface area (Å²) in [6.45, 7) is 1.21. The van der Waals surface area contributed by atoms with Crippen molar-refractivity contribution in [3.8, 4) is 11.5 Å². The molecule has 0 aromatic heterocycles. The predicted octanol–water partition coefficient (Wildman–Crippen LogP) is 3.17. The molecule has 0 atom stereocenters. The fraction of sp³-hybridized carbons (Fsp3) is 0.188. The highest BCUT2D eigenvalue weighted by atomic mass is 32.1. The van der Waals surface area contributed by atoms with E-state index in [1.165, 1.54) is 0 Å². The van der Waals surface area contributed by atoms with Gasteiger partial charge >= 0.3 is 0 Å². The molecule has 0 saturated carbocycles. The van der Waals surface area contributed by atoms with Crippen molar-refractivity contribution in [1.82, 2.24) is 0 Å². The first-order valence-corrected chi connectivity index (χ1v) is 6.87. The van der Waals surface area contributed by atoms with Gasteiger partial charge in [0, 0.05) is 12.0 Å². The second-order valence-corrected chi connectivity index (χ2v) is 4.70. The Morgan fingerprint density at radius 2 is 1.55 bits per heavy atom. The van der Waals surface area contributed by atoms with Crippen molar-refractivity contribution in [3.63, 3.8) is 0 Å². The maximum atomic E-state index is 5.64. The molecule has 0 aliphatic carbocycles. The summed E-state index contributed by atoms with van der Waals surface area (Å²) < 4.78 is 11.2. The number of nitrogens with two attached hydrogens (primary N) is 1. The molecule has 0 unspecified atom stereocenters. The Hall–Kier alpha value is -2.07. The molecule has 0 amide bonds. The van der Waals surface area contributed by atoms with Gasteiger partial charge in [-0.3, -0.25) is 0 Å². The molecule has 0 fully saturated rings. The van der Waals surface area contributed by atoms with E-state index in [0.717, 1.165) is 23.5 Å². The summed E-state index contributed by atoms with van der Waals surface area (Å²) in [4.78, 5) is 0.378. The molecule has 104 valence electrons. The van der Waals surface area contributed by atoms with E-state index in [2.05, 4.69) is 0 Å². The number of hydrogen-bond acceptors (Lipinski definition) is 3. The quantitative estimate of drug-likeness (QED) is 0.627. The van der Waals surface area contributed by atoms with Crippen LogP contribution in [-0.4, -0.2) is 18.2 Å². The molecule has 0 aliphatic rings. The van der Waals surface area contributed by atoms with Gasteiger partial charge in [0.1, 0.15) is 16.5 Å². The Morgan fingerprint density at radius 3 is 2.25 bits per heavy atom. The lowest BCUT2D eigenvalue weighted by molar-refractivity contribution is 0.247. The van der Waals surface area contributed by atoms with Crippen molar-refractivity contribution in [2.24, 2.45) is 5.73 Å². The number of hydrogen-bond donors (Lipinski definition) is 1. The minimum atomic E-state index is 0.378. The first-order valence-electron chi connectivity index (χ1n) is 6.46. The molecule has 0 radical (unpaired) electrons. The first kappa shape index (κ1) is 14.3. The van der Waals surface area contributed by atoms with E-state index < -0.39 is 0 Å². The van der Waals surface area contributed by atoms with Crippen LogP contribution in [0.2, 0.25) is 0 Å². The molecule has 20 heavy (non-hydrogen) atoms. The summed E-state index contributed by atoms with van der Waals surface area (Å²) in [7, 11) is 0. The smallest absolute Gasteiger partial charge is 0.119 e. The van der Waals surface area contributed by atoms with E-state index in [0.29, 0.717) is 18.2 Å². The van der Waals surface area contributed by atoms with Crippen LogP contribution in [0.3, 0.4) is 0 Å². The van der Waals surface area contributed by atoms with Gasteiger partial charge in [-0.25, -0.2) is 0 Å². The number of ether oxygens (including phenoxy) is 2. The van der Waals surface area contributed by atoms with E-state index in [-0.39, 0.29) is 0 Å². The summed E-state index contributed by atoms with van der Waals surface area (Å²) in [5.41, 5.74) is 6.40. The molecule has 4 heteroatoms. The summed E-state index contributed by atoms with van der Waals surface area (Å²) in [5.74, 6) is 1.65. The maximum Gasteiger partial charge on any atom is 0.119 e. The lowest BCUT2D eigenvalue weighted by Gasteiger charge is -2.08. The number of para-hydroxylation sites is 1. The van der Waals surface area contributed by atoms with Gasteiger partial charge in [-0.1, -0.05) is 42.5 Å². The van der Waals surface area contributed by atoms with Crippen molar-refractivity contribution in [3.05, 3.63) is 60.2 Å². The van der Waals surface area contributed by atoms with E-state index >= 15 is 0 Å². The molecule has 2 rings (SSSR count). The largest absolute Gasteiger partial charge is 0.493 e. The standard InChI is InChI=1S/C16H17NO2S/c17-16(20)13-6-4-9-15(12-13)19-11-5-10-18-14-7-2-1-3-8-14/h1-4,6-9,12H,5,10-11H2,(H2,17,20). The third kappa shape index (κ3) is 4.55. The molecular weight excluding hydrogens is 270 g/mol. The third-order valence-corrected chi connectivity index (χ3v) is 2.92. The average molecular weight is 287 g/mol. The molecule has 2 aromatic carbocycles. The second kappa shape index (κ2) is 7.50. The second-order valence-electron chi connectivity index (χ2n) is 4.26. The summed E-state index contributed by atoms with van der Waals surface area (Å²) >= 11 is 4.93. The number of thiocarbonyl (C=S) groups is 1. The van der Waals surface area contributed by atoms with Crippen LogP contribution in [0.15, 0.2) is 54.6 Å². The van der Waals surface area contributed by atoms with Crippen LogP contribution in [0, 0.1) is 0 Å². The van der Waals surface area contributed by atoms with Gasteiger partial charge in [-0.05, 0) is 24.3 Å². The van der Waals surface area contributed by atoms with Crippen molar-refractivity contribution in [2.45, 2.75) is 6.42 Å². The fourth-order valence-electron chi connectivity index (χ4n) is 1.69. The van der Waals surface area contributed by atoms with Crippen LogP contribution in [-0.2, 0) is 0 Å². The normalized spacial score (nSPS) is 10.0. The first-order chi connectivity index (χ1) is 9.75. The van der Waals surface area contributed by atoms with Crippen molar-refractivity contribution < 1.29 is 9.47 Å². The highest BCUT2D eigenvalue weighted by molar-refractivity contribution is 7.80. The van der Waals surface area contributed by atoms with E-state index in [4.69, 9.17) is 27.4 Å². The Labute approximate surface area is 124 Å². The molecule has 0 spiro atoms. The van der Waals surface area contributed by atoms with Crippen LogP contribution in [0.5, 0.6) is 11.5 Å². The van der Waals surface area contributed by atoms with Crippen molar-refractivity contribution >= 4 is 17.2 Å². The molecular formula is C16H17NO2S. The number of benzene rings is 2. The Bertz CT molecular complexity index is 557. The molecule has 0 aliphatic heterocycles. The van der Waals surface area contributed by atoms with Crippen LogP contribution in [0.4, 0.5) is 0 Å². The van der Waals surface area contributed by atoms with Gasteiger partial charge in [0.2, 0.25) is 0 Å². The van der Waals surface area contributed by atoms with E-state index in [1.807, 2.05) is 54.6 Å². The zero-order chi connectivity index (χ0) is 14.2. The zero-order valence-electron chi connectivity index (χ0n) is 11.1. The molecule has 0 heterocycles.